The van der Waals surface area contributed by atoms with E-state index in [0.717, 1.165) is 0 Å². The average Bonchev–Trinajstić information content (AvgIpc) is 2.34. The minimum atomic E-state index is -4.52. The Bertz CT molecular complexity index is 563. The first-order chi connectivity index (χ1) is 9.15. The molecule has 0 spiro atoms. The summed E-state index contributed by atoms with van der Waals surface area (Å²) >= 11 is 0. The highest BCUT2D eigenvalue weighted by atomic mass is 32.2. The molecule has 0 aromatic heterocycles. The van der Waals surface area contributed by atoms with E-state index in [1.165, 1.54) is 0 Å². The first-order valence-electron chi connectivity index (χ1n) is 6.02. The average molecular weight is 311 g/mol. The Labute approximate surface area is 115 Å². The lowest BCUT2D eigenvalue weighted by Crippen LogP contribution is -2.42. The molecule has 0 amide bonds. The van der Waals surface area contributed by atoms with Crippen LogP contribution < -0.4 is 4.72 Å². The van der Waals surface area contributed by atoms with E-state index in [-0.39, 0.29) is 25.0 Å². The molecule has 0 aliphatic heterocycles. The molecule has 1 rings (SSSR count). The van der Waals surface area contributed by atoms with Crippen molar-refractivity contribution in [3.05, 3.63) is 29.6 Å². The maximum Gasteiger partial charge on any atom is 0.246 e. The monoisotopic (exact) mass is 311 g/mol. The number of aliphatic hydroxyl groups is 1. The molecule has 0 saturated heterocycles. The van der Waals surface area contributed by atoms with Crippen molar-refractivity contribution < 1.29 is 26.7 Å². The summed E-state index contributed by atoms with van der Waals surface area (Å²) in [5.41, 5.74) is -1.31. The second-order valence-electron chi connectivity index (χ2n) is 4.45. The largest absolute Gasteiger partial charge is 0.389 e. The number of halogens is 3. The Kier molecular flexibility index (Phi) is 5.17. The van der Waals surface area contributed by atoms with Gasteiger partial charge in [0.2, 0.25) is 10.0 Å². The van der Waals surface area contributed by atoms with Crippen molar-refractivity contribution in [1.82, 2.24) is 4.72 Å². The van der Waals surface area contributed by atoms with Crippen LogP contribution in [0.5, 0.6) is 0 Å². The van der Waals surface area contributed by atoms with Gasteiger partial charge in [0, 0.05) is 18.7 Å². The highest BCUT2D eigenvalue weighted by molar-refractivity contribution is 7.89. The zero-order valence-electron chi connectivity index (χ0n) is 11.1. The summed E-state index contributed by atoms with van der Waals surface area (Å²) in [4.78, 5) is -1.26. The summed E-state index contributed by atoms with van der Waals surface area (Å²) in [6.07, 6.45) is 0.529. The zero-order valence-corrected chi connectivity index (χ0v) is 11.9. The summed E-state index contributed by atoms with van der Waals surface area (Å²) < 4.78 is 65.2. The quantitative estimate of drug-likeness (QED) is 0.843. The summed E-state index contributed by atoms with van der Waals surface area (Å²) in [5.74, 6) is -4.25. The van der Waals surface area contributed by atoms with Crippen LogP contribution in [0.25, 0.3) is 0 Å². The van der Waals surface area contributed by atoms with Crippen LogP contribution in [0, 0.1) is 17.5 Å². The van der Waals surface area contributed by atoms with Gasteiger partial charge in [-0.15, -0.1) is 0 Å². The molecular weight excluding hydrogens is 295 g/mol. The van der Waals surface area contributed by atoms with Crippen molar-refractivity contribution in [3.8, 4) is 0 Å². The molecule has 0 radical (unpaired) electrons. The molecular formula is C12H16F3NO3S. The van der Waals surface area contributed by atoms with Gasteiger partial charge in [-0.3, -0.25) is 0 Å². The minimum absolute atomic E-state index is 0.264. The van der Waals surface area contributed by atoms with E-state index in [1.54, 1.807) is 13.8 Å². The van der Waals surface area contributed by atoms with E-state index < -0.39 is 44.5 Å². The molecule has 0 bridgehead atoms. The molecule has 8 heteroatoms. The standard InChI is InChI=1S/C12H16F3NO3S/c1-3-12(17,4-2)7-16-20(18,19)11-9(14)5-8(13)6-10(11)15/h5-6,16-17H,3-4,7H2,1-2H3. The fourth-order valence-electron chi connectivity index (χ4n) is 1.59. The lowest BCUT2D eigenvalue weighted by Gasteiger charge is -2.25. The highest BCUT2D eigenvalue weighted by Crippen LogP contribution is 2.21. The van der Waals surface area contributed by atoms with Gasteiger partial charge in [0.25, 0.3) is 0 Å². The predicted molar refractivity (Wildman–Crippen MR) is 67.0 cm³/mol. The van der Waals surface area contributed by atoms with Gasteiger partial charge in [0.1, 0.15) is 17.5 Å². The van der Waals surface area contributed by atoms with Gasteiger partial charge in [-0.1, -0.05) is 13.8 Å². The van der Waals surface area contributed by atoms with Crippen molar-refractivity contribution >= 4 is 10.0 Å². The Morgan fingerprint density at radius 1 is 1.15 bits per heavy atom. The normalized spacial score (nSPS) is 12.7. The summed E-state index contributed by atoms with van der Waals surface area (Å²) in [7, 11) is -4.52. The molecule has 114 valence electrons. The smallest absolute Gasteiger partial charge is 0.246 e. The first kappa shape index (κ1) is 16.9. The van der Waals surface area contributed by atoms with Gasteiger partial charge < -0.3 is 5.11 Å². The van der Waals surface area contributed by atoms with Crippen LogP contribution in [-0.4, -0.2) is 25.7 Å². The summed E-state index contributed by atoms with van der Waals surface area (Å²) in [6, 6.07) is 0.562. The zero-order chi connectivity index (χ0) is 15.6. The molecule has 0 atom stereocenters. The number of rotatable bonds is 6. The Morgan fingerprint density at radius 3 is 2.00 bits per heavy atom. The van der Waals surface area contributed by atoms with Crippen LogP contribution in [0.15, 0.2) is 17.0 Å². The fraction of sp³-hybridized carbons (Fsp3) is 0.500. The molecule has 0 aliphatic carbocycles. The second-order valence-corrected chi connectivity index (χ2v) is 6.16. The second kappa shape index (κ2) is 6.11. The SMILES string of the molecule is CCC(O)(CC)CNS(=O)(=O)c1c(F)cc(F)cc1F. The lowest BCUT2D eigenvalue weighted by atomic mass is 9.98. The topological polar surface area (TPSA) is 66.4 Å². The van der Waals surface area contributed by atoms with Crippen molar-refractivity contribution in [2.75, 3.05) is 6.54 Å². The van der Waals surface area contributed by atoms with E-state index in [0.29, 0.717) is 0 Å². The third-order valence-corrected chi connectivity index (χ3v) is 4.59. The molecule has 4 nitrogen and oxygen atoms in total. The molecule has 20 heavy (non-hydrogen) atoms. The molecule has 0 unspecified atom stereocenters. The van der Waals surface area contributed by atoms with E-state index in [9.17, 15) is 26.7 Å². The number of hydrogen-bond donors (Lipinski definition) is 2. The summed E-state index contributed by atoms with van der Waals surface area (Å²) in [5, 5.41) is 9.95. The number of benzene rings is 1. The summed E-state index contributed by atoms with van der Waals surface area (Å²) in [6.45, 7) is 2.91. The van der Waals surface area contributed by atoms with Gasteiger partial charge in [-0.05, 0) is 12.8 Å². The molecule has 2 N–H and O–H groups in total. The van der Waals surface area contributed by atoms with E-state index in [1.807, 2.05) is 4.72 Å². The van der Waals surface area contributed by atoms with Crippen molar-refractivity contribution in [1.29, 1.82) is 0 Å². The Hall–Kier alpha value is -1.12. The first-order valence-corrected chi connectivity index (χ1v) is 7.50. The van der Waals surface area contributed by atoms with E-state index >= 15 is 0 Å². The molecule has 0 heterocycles. The molecule has 0 fully saturated rings. The van der Waals surface area contributed by atoms with Crippen molar-refractivity contribution in [2.45, 2.75) is 37.2 Å². The molecule has 0 aliphatic rings. The fourth-order valence-corrected chi connectivity index (χ4v) is 2.82. The number of hydrogen-bond acceptors (Lipinski definition) is 3. The van der Waals surface area contributed by atoms with Gasteiger partial charge in [-0.2, -0.15) is 0 Å². The van der Waals surface area contributed by atoms with E-state index in [2.05, 4.69) is 0 Å². The predicted octanol–water partition coefficient (Wildman–Crippen LogP) is 1.93. The van der Waals surface area contributed by atoms with Crippen LogP contribution in [-0.2, 0) is 10.0 Å². The van der Waals surface area contributed by atoms with Gasteiger partial charge >= 0.3 is 0 Å². The maximum absolute atomic E-state index is 13.4. The molecule has 0 saturated carbocycles. The van der Waals surface area contributed by atoms with E-state index in [4.69, 9.17) is 0 Å². The van der Waals surface area contributed by atoms with Gasteiger partial charge in [0.05, 0.1) is 5.60 Å². The number of nitrogens with one attached hydrogen (secondary N) is 1. The van der Waals surface area contributed by atoms with Crippen LogP contribution in [0.2, 0.25) is 0 Å². The minimum Gasteiger partial charge on any atom is -0.389 e. The Morgan fingerprint density at radius 2 is 1.60 bits per heavy atom. The van der Waals surface area contributed by atoms with Crippen LogP contribution >= 0.6 is 0 Å². The van der Waals surface area contributed by atoms with Crippen molar-refractivity contribution in [3.63, 3.8) is 0 Å². The lowest BCUT2D eigenvalue weighted by molar-refractivity contribution is 0.0377. The number of sulfonamides is 1. The molecule has 1 aromatic carbocycles. The van der Waals surface area contributed by atoms with Gasteiger partial charge in [-0.25, -0.2) is 26.3 Å². The van der Waals surface area contributed by atoms with Gasteiger partial charge in [0.15, 0.2) is 4.90 Å². The molecule has 1 aromatic rings. The third kappa shape index (κ3) is 3.71. The van der Waals surface area contributed by atoms with Crippen molar-refractivity contribution in [2.24, 2.45) is 0 Å². The maximum atomic E-state index is 13.4. The van der Waals surface area contributed by atoms with Crippen LogP contribution in [0.4, 0.5) is 13.2 Å². The Balaban J connectivity index is 3.07. The van der Waals surface area contributed by atoms with Crippen LogP contribution in [0.1, 0.15) is 26.7 Å². The third-order valence-electron chi connectivity index (χ3n) is 3.14. The van der Waals surface area contributed by atoms with Crippen LogP contribution in [0.3, 0.4) is 0 Å². The highest BCUT2D eigenvalue weighted by Gasteiger charge is 2.29.